The molecule has 0 radical (unpaired) electrons. The van der Waals surface area contributed by atoms with E-state index in [0.29, 0.717) is 6.04 Å². The number of amides is 1. The highest BCUT2D eigenvalue weighted by Crippen LogP contribution is 2.40. The quantitative estimate of drug-likeness (QED) is 0.573. The molecule has 2 aliphatic carbocycles. The molecule has 37 heavy (non-hydrogen) atoms. The van der Waals surface area contributed by atoms with Crippen molar-refractivity contribution >= 4 is 12.0 Å². The van der Waals surface area contributed by atoms with Gasteiger partial charge in [-0.3, -0.25) is 9.69 Å². The fraction of sp³-hybridized carbons (Fsp3) is 0.467. The van der Waals surface area contributed by atoms with Crippen molar-refractivity contribution in [2.45, 2.75) is 51.1 Å². The SMILES string of the molecule is COc1cc(/C=C2\CCCN([C@@H]3CCC4=C3C=CCC4N3CCOCC3)C2=O)ccc1-n1cnc(C)c1. The standard InChI is InChI=1S/C30H36N4O3/c1-21-19-33(20-31-21)28-10-8-22(18-29(28)36-2)17-23-5-4-12-34(30(23)35)27-11-9-25-24(27)6-3-7-26(25)32-13-15-37-16-14-32/h3,6,8,10,17-20,26-27H,4-5,7,9,11-16H2,1-2H3/b23-17+/t26?,27-/m1/s1. The average molecular weight is 501 g/mol. The van der Waals surface area contributed by atoms with Gasteiger partial charge in [0, 0.05) is 37.4 Å². The first-order valence-electron chi connectivity index (χ1n) is 13.5. The zero-order valence-electron chi connectivity index (χ0n) is 21.9. The summed E-state index contributed by atoms with van der Waals surface area (Å²) in [7, 11) is 1.68. The van der Waals surface area contributed by atoms with Crippen LogP contribution in [0.15, 0.2) is 59.6 Å². The van der Waals surface area contributed by atoms with Crippen LogP contribution in [0, 0.1) is 6.92 Å². The molecule has 0 bridgehead atoms. The molecule has 0 spiro atoms. The molecule has 0 saturated carbocycles. The summed E-state index contributed by atoms with van der Waals surface area (Å²) in [6, 6.07) is 6.75. The molecule has 3 heterocycles. The highest BCUT2D eigenvalue weighted by molar-refractivity contribution is 5.99. The number of benzene rings is 1. The molecule has 1 amide bonds. The monoisotopic (exact) mass is 500 g/mol. The Morgan fingerprint density at radius 1 is 1.14 bits per heavy atom. The normalized spacial score (nSPS) is 25.7. The van der Waals surface area contributed by atoms with Crippen molar-refractivity contribution in [2.24, 2.45) is 0 Å². The van der Waals surface area contributed by atoms with Crippen LogP contribution in [0.5, 0.6) is 5.75 Å². The first kappa shape index (κ1) is 24.2. The lowest BCUT2D eigenvalue weighted by Gasteiger charge is -2.38. The van der Waals surface area contributed by atoms with Gasteiger partial charge in [0.2, 0.25) is 5.91 Å². The molecule has 1 unspecified atom stereocenters. The highest BCUT2D eigenvalue weighted by Gasteiger charge is 2.39. The number of likely N-dealkylation sites (tertiary alicyclic amines) is 1. The van der Waals surface area contributed by atoms with Crippen LogP contribution in [0.1, 0.15) is 43.4 Å². The number of imidazole rings is 1. The Balaban J connectivity index is 1.23. The zero-order valence-corrected chi connectivity index (χ0v) is 21.9. The summed E-state index contributed by atoms with van der Waals surface area (Å²) in [6.45, 7) is 6.43. The third kappa shape index (κ3) is 4.66. The summed E-state index contributed by atoms with van der Waals surface area (Å²) in [6.07, 6.45) is 15.4. The number of methoxy groups -OCH3 is 1. The minimum atomic E-state index is 0.181. The number of hydrogen-bond donors (Lipinski definition) is 0. The molecule has 2 fully saturated rings. The van der Waals surface area contributed by atoms with E-state index in [0.717, 1.165) is 93.2 Å². The smallest absolute Gasteiger partial charge is 0.250 e. The van der Waals surface area contributed by atoms with Crippen LogP contribution in [0.3, 0.4) is 0 Å². The maximum absolute atomic E-state index is 13.8. The molecule has 7 nitrogen and oxygen atoms in total. The first-order chi connectivity index (χ1) is 18.1. The molecule has 6 rings (SSSR count). The number of nitrogens with zero attached hydrogens (tertiary/aromatic N) is 4. The third-order valence-electron chi connectivity index (χ3n) is 8.25. The van der Waals surface area contributed by atoms with E-state index in [1.54, 1.807) is 19.0 Å². The van der Waals surface area contributed by atoms with Gasteiger partial charge in [0.15, 0.2) is 0 Å². The molecular formula is C30H36N4O3. The van der Waals surface area contributed by atoms with Gasteiger partial charge in [-0.25, -0.2) is 4.98 Å². The lowest BCUT2D eigenvalue weighted by Crippen LogP contribution is -2.46. The van der Waals surface area contributed by atoms with Crippen molar-refractivity contribution in [1.82, 2.24) is 19.4 Å². The Hall–Kier alpha value is -3.16. The van der Waals surface area contributed by atoms with Crippen molar-refractivity contribution in [3.05, 3.63) is 70.9 Å². The van der Waals surface area contributed by atoms with Crippen molar-refractivity contribution < 1.29 is 14.3 Å². The fourth-order valence-corrected chi connectivity index (χ4v) is 6.45. The highest BCUT2D eigenvalue weighted by atomic mass is 16.5. The van der Waals surface area contributed by atoms with E-state index in [4.69, 9.17) is 9.47 Å². The van der Waals surface area contributed by atoms with E-state index in [9.17, 15) is 4.79 Å². The largest absolute Gasteiger partial charge is 0.495 e. The predicted molar refractivity (Wildman–Crippen MR) is 144 cm³/mol. The fourth-order valence-electron chi connectivity index (χ4n) is 6.45. The maximum atomic E-state index is 13.8. The molecule has 7 heteroatoms. The molecule has 0 N–H and O–H groups in total. The summed E-state index contributed by atoms with van der Waals surface area (Å²) in [5.41, 5.74) is 6.70. The molecule has 2 saturated heterocycles. The Labute approximate surface area is 219 Å². The number of aryl methyl sites for hydroxylation is 1. The number of hydrogen-bond acceptors (Lipinski definition) is 5. The van der Waals surface area contributed by atoms with Gasteiger partial charge in [-0.15, -0.1) is 0 Å². The molecular weight excluding hydrogens is 464 g/mol. The van der Waals surface area contributed by atoms with Crippen LogP contribution in [0.4, 0.5) is 0 Å². The van der Waals surface area contributed by atoms with Gasteiger partial charge < -0.3 is 18.9 Å². The van der Waals surface area contributed by atoms with Crippen molar-refractivity contribution in [2.75, 3.05) is 40.0 Å². The zero-order chi connectivity index (χ0) is 25.4. The summed E-state index contributed by atoms with van der Waals surface area (Å²) in [5, 5.41) is 0. The number of aromatic nitrogens is 2. The number of rotatable bonds is 5. The Morgan fingerprint density at radius 3 is 2.78 bits per heavy atom. The Morgan fingerprint density at radius 2 is 2.00 bits per heavy atom. The second kappa shape index (κ2) is 10.3. The minimum absolute atomic E-state index is 0.181. The predicted octanol–water partition coefficient (Wildman–Crippen LogP) is 4.31. The molecule has 1 aromatic carbocycles. The summed E-state index contributed by atoms with van der Waals surface area (Å²) in [5.74, 6) is 0.944. The molecule has 2 atom stereocenters. The van der Waals surface area contributed by atoms with Crippen molar-refractivity contribution in [3.8, 4) is 11.4 Å². The maximum Gasteiger partial charge on any atom is 0.250 e. The third-order valence-corrected chi connectivity index (χ3v) is 8.25. The van der Waals surface area contributed by atoms with Crippen molar-refractivity contribution in [3.63, 3.8) is 0 Å². The molecule has 1 aromatic heterocycles. The average Bonchev–Trinajstić information content (AvgIpc) is 3.56. The lowest BCUT2D eigenvalue weighted by atomic mass is 9.91. The van der Waals surface area contributed by atoms with E-state index in [1.165, 1.54) is 5.57 Å². The number of morpholine rings is 1. The van der Waals surface area contributed by atoms with Gasteiger partial charge in [0.25, 0.3) is 0 Å². The molecule has 4 aliphatic rings. The van der Waals surface area contributed by atoms with E-state index in [2.05, 4.69) is 39.1 Å². The Bertz CT molecular complexity index is 1270. The van der Waals surface area contributed by atoms with Crippen LogP contribution in [-0.2, 0) is 9.53 Å². The van der Waals surface area contributed by atoms with Crippen LogP contribution in [0.2, 0.25) is 0 Å². The van der Waals surface area contributed by atoms with Gasteiger partial charge >= 0.3 is 0 Å². The summed E-state index contributed by atoms with van der Waals surface area (Å²) < 4.78 is 13.2. The van der Waals surface area contributed by atoms with Gasteiger partial charge in [0.05, 0.1) is 44.1 Å². The van der Waals surface area contributed by atoms with Crippen LogP contribution >= 0.6 is 0 Å². The number of piperidine rings is 1. The van der Waals surface area contributed by atoms with E-state index in [-0.39, 0.29) is 11.9 Å². The van der Waals surface area contributed by atoms with Gasteiger partial charge in [0.1, 0.15) is 5.75 Å². The summed E-state index contributed by atoms with van der Waals surface area (Å²) >= 11 is 0. The lowest BCUT2D eigenvalue weighted by molar-refractivity contribution is -0.130. The van der Waals surface area contributed by atoms with Crippen LogP contribution in [0.25, 0.3) is 11.8 Å². The van der Waals surface area contributed by atoms with Gasteiger partial charge in [-0.1, -0.05) is 18.2 Å². The van der Waals surface area contributed by atoms with Gasteiger partial charge in [-0.05, 0) is 73.9 Å². The number of carbonyl (C=O) groups excluding carboxylic acids is 1. The molecule has 2 aliphatic heterocycles. The van der Waals surface area contributed by atoms with Crippen LogP contribution in [-0.4, -0.2) is 77.3 Å². The Kier molecular flexibility index (Phi) is 6.74. The first-order valence-corrected chi connectivity index (χ1v) is 13.5. The topological polar surface area (TPSA) is 59.8 Å². The summed E-state index contributed by atoms with van der Waals surface area (Å²) in [4.78, 5) is 22.8. The number of carbonyl (C=O) groups is 1. The second-order valence-electron chi connectivity index (χ2n) is 10.5. The van der Waals surface area contributed by atoms with E-state index in [1.807, 2.05) is 29.8 Å². The molecule has 2 aromatic rings. The van der Waals surface area contributed by atoms with E-state index >= 15 is 0 Å². The number of ether oxygens (including phenoxy) is 2. The van der Waals surface area contributed by atoms with Crippen LogP contribution < -0.4 is 4.74 Å². The van der Waals surface area contributed by atoms with Crippen molar-refractivity contribution in [1.29, 1.82) is 0 Å². The van der Waals surface area contributed by atoms with E-state index < -0.39 is 0 Å². The minimum Gasteiger partial charge on any atom is -0.495 e. The molecule has 194 valence electrons. The second-order valence-corrected chi connectivity index (χ2v) is 10.5. The van der Waals surface area contributed by atoms with Gasteiger partial charge in [-0.2, -0.15) is 0 Å².